The Morgan fingerprint density at radius 3 is 2.62 bits per heavy atom. The van der Waals surface area contributed by atoms with Crippen molar-refractivity contribution in [3.05, 3.63) is 29.3 Å². The third-order valence-electron chi connectivity index (χ3n) is 5.19. The Hall–Kier alpha value is -0.770. The van der Waals surface area contributed by atoms with Crippen molar-refractivity contribution in [3.8, 4) is 0 Å². The van der Waals surface area contributed by atoms with Crippen LogP contribution >= 0.6 is 35.6 Å². The summed E-state index contributed by atoms with van der Waals surface area (Å²) in [5.74, 6) is 1.01. The van der Waals surface area contributed by atoms with Gasteiger partial charge in [-0.05, 0) is 38.3 Å². The largest absolute Gasteiger partial charge is 0.381 e. The molecule has 1 N–H and O–H groups in total. The molecule has 0 spiro atoms. The fourth-order valence-electron chi connectivity index (χ4n) is 3.64. The van der Waals surface area contributed by atoms with Gasteiger partial charge in [-0.1, -0.05) is 23.7 Å². The summed E-state index contributed by atoms with van der Waals surface area (Å²) in [7, 11) is 0. The molecule has 0 aromatic heterocycles. The molecule has 6 nitrogen and oxygen atoms in total. The van der Waals surface area contributed by atoms with E-state index in [-0.39, 0.29) is 24.0 Å². The van der Waals surface area contributed by atoms with Crippen molar-refractivity contribution in [3.63, 3.8) is 0 Å². The first kappa shape index (κ1) is 24.5. The maximum Gasteiger partial charge on any atom is 0.194 e. The van der Waals surface area contributed by atoms with Crippen molar-refractivity contribution in [1.82, 2.24) is 10.2 Å². The van der Waals surface area contributed by atoms with E-state index in [4.69, 9.17) is 26.1 Å². The maximum atomic E-state index is 6.35. The number of piperazine rings is 1. The molecule has 0 amide bonds. The van der Waals surface area contributed by atoms with Gasteiger partial charge in [0.05, 0.1) is 16.8 Å². The van der Waals surface area contributed by atoms with Gasteiger partial charge in [0.25, 0.3) is 0 Å². The van der Waals surface area contributed by atoms with E-state index >= 15 is 0 Å². The van der Waals surface area contributed by atoms with Gasteiger partial charge >= 0.3 is 0 Å². The SMILES string of the molecule is CCNC(=NCCCOC1CCOCC1)N1CCN(c2ccccc2Cl)CC1.I. The number of nitrogens with one attached hydrogen (secondary N) is 1. The Kier molecular flexibility index (Phi) is 11.4. The van der Waals surface area contributed by atoms with E-state index in [1.165, 1.54) is 0 Å². The van der Waals surface area contributed by atoms with Crippen LogP contribution in [0.15, 0.2) is 29.3 Å². The summed E-state index contributed by atoms with van der Waals surface area (Å²) in [6, 6.07) is 8.07. The highest BCUT2D eigenvalue weighted by Crippen LogP contribution is 2.26. The van der Waals surface area contributed by atoms with Gasteiger partial charge in [-0.15, -0.1) is 24.0 Å². The minimum atomic E-state index is 0. The zero-order valence-electron chi connectivity index (χ0n) is 17.3. The normalized spacial score (nSPS) is 18.5. The van der Waals surface area contributed by atoms with Crippen molar-refractivity contribution < 1.29 is 9.47 Å². The second-order valence-electron chi connectivity index (χ2n) is 7.20. The highest BCUT2D eigenvalue weighted by Gasteiger charge is 2.21. The molecule has 0 bridgehead atoms. The molecule has 0 atom stereocenters. The summed E-state index contributed by atoms with van der Waals surface area (Å²) in [6.45, 7) is 9.98. The van der Waals surface area contributed by atoms with E-state index in [0.29, 0.717) is 6.10 Å². The number of rotatable bonds is 7. The fraction of sp³-hybridized carbons (Fsp3) is 0.667. The minimum absolute atomic E-state index is 0. The van der Waals surface area contributed by atoms with Gasteiger partial charge in [0.2, 0.25) is 0 Å². The van der Waals surface area contributed by atoms with Crippen LogP contribution in [0.25, 0.3) is 0 Å². The Morgan fingerprint density at radius 2 is 1.93 bits per heavy atom. The van der Waals surface area contributed by atoms with Crippen molar-refractivity contribution >= 4 is 47.2 Å². The van der Waals surface area contributed by atoms with Crippen LogP contribution in [-0.4, -0.2) is 76.1 Å². The number of anilines is 1. The molecule has 2 aliphatic heterocycles. The number of hydrogen-bond donors (Lipinski definition) is 1. The molecule has 164 valence electrons. The van der Waals surface area contributed by atoms with Crippen LogP contribution in [0, 0.1) is 0 Å². The third kappa shape index (κ3) is 7.77. The molecule has 0 aliphatic carbocycles. The number of benzene rings is 1. The summed E-state index contributed by atoms with van der Waals surface area (Å²) in [5.41, 5.74) is 1.12. The molecule has 1 aromatic carbocycles. The number of para-hydroxylation sites is 1. The lowest BCUT2D eigenvalue weighted by Crippen LogP contribution is -2.52. The average Bonchev–Trinajstić information content (AvgIpc) is 2.74. The Morgan fingerprint density at radius 1 is 1.21 bits per heavy atom. The summed E-state index contributed by atoms with van der Waals surface area (Å²) >= 11 is 6.35. The highest BCUT2D eigenvalue weighted by molar-refractivity contribution is 14.0. The first-order valence-corrected chi connectivity index (χ1v) is 10.9. The molecular formula is C21H34ClIN4O2. The number of nitrogens with zero attached hydrogens (tertiary/aromatic N) is 3. The van der Waals surface area contributed by atoms with Gasteiger partial charge in [0.15, 0.2) is 5.96 Å². The van der Waals surface area contributed by atoms with E-state index in [9.17, 15) is 0 Å². The zero-order valence-corrected chi connectivity index (χ0v) is 20.4. The lowest BCUT2D eigenvalue weighted by atomic mass is 10.1. The number of hydrogen-bond acceptors (Lipinski definition) is 4. The van der Waals surface area contributed by atoms with E-state index < -0.39 is 0 Å². The second-order valence-corrected chi connectivity index (χ2v) is 7.60. The molecule has 29 heavy (non-hydrogen) atoms. The number of aliphatic imine (C=N–C) groups is 1. The van der Waals surface area contributed by atoms with Gasteiger partial charge in [-0.25, -0.2) is 0 Å². The maximum absolute atomic E-state index is 6.35. The van der Waals surface area contributed by atoms with Crippen LogP contribution in [0.5, 0.6) is 0 Å². The topological polar surface area (TPSA) is 49.3 Å². The highest BCUT2D eigenvalue weighted by atomic mass is 127. The van der Waals surface area contributed by atoms with Crippen molar-refractivity contribution in [2.24, 2.45) is 4.99 Å². The zero-order chi connectivity index (χ0) is 19.6. The van der Waals surface area contributed by atoms with Crippen molar-refractivity contribution in [2.45, 2.75) is 32.3 Å². The van der Waals surface area contributed by atoms with Gasteiger partial charge in [-0.3, -0.25) is 4.99 Å². The predicted octanol–water partition coefficient (Wildman–Crippen LogP) is 3.63. The van der Waals surface area contributed by atoms with Crippen LogP contribution in [-0.2, 0) is 9.47 Å². The number of ether oxygens (including phenoxy) is 2. The standard InChI is InChI=1S/C21H33ClN4O2.HI/c1-2-23-21(24-10-5-15-28-18-8-16-27-17-9-18)26-13-11-25(12-14-26)20-7-4-3-6-19(20)22;/h3-4,6-7,18H,2,5,8-17H2,1H3,(H,23,24);1H. The molecule has 2 saturated heterocycles. The summed E-state index contributed by atoms with van der Waals surface area (Å²) in [4.78, 5) is 9.51. The molecule has 0 unspecified atom stereocenters. The van der Waals surface area contributed by atoms with Crippen LogP contribution in [0.2, 0.25) is 5.02 Å². The second kappa shape index (κ2) is 13.5. The van der Waals surface area contributed by atoms with Crippen molar-refractivity contribution in [1.29, 1.82) is 0 Å². The molecular weight excluding hydrogens is 503 g/mol. The van der Waals surface area contributed by atoms with Crippen LogP contribution < -0.4 is 10.2 Å². The first-order chi connectivity index (χ1) is 13.8. The lowest BCUT2D eigenvalue weighted by molar-refractivity contribution is -0.0318. The molecule has 0 saturated carbocycles. The lowest BCUT2D eigenvalue weighted by Gasteiger charge is -2.38. The van der Waals surface area contributed by atoms with Crippen LogP contribution in [0.1, 0.15) is 26.2 Å². The molecule has 8 heteroatoms. The molecule has 3 rings (SSSR count). The van der Waals surface area contributed by atoms with E-state index in [1.807, 2.05) is 18.2 Å². The predicted molar refractivity (Wildman–Crippen MR) is 131 cm³/mol. The van der Waals surface area contributed by atoms with Gasteiger partial charge < -0.3 is 24.6 Å². The monoisotopic (exact) mass is 536 g/mol. The third-order valence-corrected chi connectivity index (χ3v) is 5.51. The van der Waals surface area contributed by atoms with Crippen LogP contribution in [0.3, 0.4) is 0 Å². The average molecular weight is 537 g/mol. The summed E-state index contributed by atoms with van der Waals surface area (Å²) in [5, 5.41) is 4.25. The number of guanidine groups is 1. The van der Waals surface area contributed by atoms with E-state index in [1.54, 1.807) is 0 Å². The smallest absolute Gasteiger partial charge is 0.194 e. The molecule has 2 aliphatic rings. The summed E-state index contributed by atoms with van der Waals surface area (Å²) < 4.78 is 11.3. The fourth-order valence-corrected chi connectivity index (χ4v) is 3.89. The van der Waals surface area contributed by atoms with Crippen LogP contribution in [0.4, 0.5) is 5.69 Å². The summed E-state index contributed by atoms with van der Waals surface area (Å²) in [6.07, 6.45) is 3.35. The van der Waals surface area contributed by atoms with Gasteiger partial charge in [0, 0.05) is 59.1 Å². The Labute approximate surface area is 197 Å². The van der Waals surface area contributed by atoms with E-state index in [0.717, 1.165) is 95.0 Å². The molecule has 0 radical (unpaired) electrons. The molecule has 2 fully saturated rings. The molecule has 1 aromatic rings. The van der Waals surface area contributed by atoms with Gasteiger partial charge in [-0.2, -0.15) is 0 Å². The number of halogens is 2. The van der Waals surface area contributed by atoms with Gasteiger partial charge in [0.1, 0.15) is 0 Å². The Balaban J connectivity index is 0.00000300. The Bertz CT molecular complexity index is 620. The molecule has 2 heterocycles. The van der Waals surface area contributed by atoms with E-state index in [2.05, 4.69) is 28.1 Å². The quantitative estimate of drug-likeness (QED) is 0.250. The minimum Gasteiger partial charge on any atom is -0.381 e. The van der Waals surface area contributed by atoms with Crippen molar-refractivity contribution in [2.75, 3.05) is 64.0 Å². The first-order valence-electron chi connectivity index (χ1n) is 10.5.